The Morgan fingerprint density at radius 3 is 2.75 bits per heavy atom. The molecule has 0 aliphatic heterocycles. The molecule has 0 radical (unpaired) electrons. The number of benzene rings is 1. The third kappa shape index (κ3) is 3.20. The fraction of sp³-hybridized carbons (Fsp3) is 0.636. The summed E-state index contributed by atoms with van der Waals surface area (Å²) < 4.78 is 7.22. The van der Waals surface area contributed by atoms with Gasteiger partial charge in [0, 0.05) is 12.0 Å². The number of para-hydroxylation sites is 1. The Balaban J connectivity index is 1.06. The third-order valence-electron chi connectivity index (χ3n) is 7.15. The van der Waals surface area contributed by atoms with Gasteiger partial charge >= 0.3 is 0 Å². The normalized spacial score (nSPS) is 34.4. The standard InChI is InChI=1S/C22H28N2O3S/c1-21(2,26)14-8-22(9-14)10-15(11-22)24-20(25)13-6-16(7-13)27-17-4-3-5-18-19(17)23-12-28-18/h3-5,12-16,26H,6-11H2,1-2H3,(H,24,25). The largest absolute Gasteiger partial charge is 0.488 e. The number of ether oxygens (including phenoxy) is 1. The number of hydrogen-bond donors (Lipinski definition) is 2. The van der Waals surface area contributed by atoms with Gasteiger partial charge in [-0.1, -0.05) is 6.07 Å². The van der Waals surface area contributed by atoms with Gasteiger partial charge in [0.2, 0.25) is 5.91 Å². The van der Waals surface area contributed by atoms with E-state index in [1.165, 1.54) is 0 Å². The van der Waals surface area contributed by atoms with Crippen LogP contribution < -0.4 is 10.1 Å². The molecule has 0 saturated heterocycles. The van der Waals surface area contributed by atoms with Crippen molar-refractivity contribution < 1.29 is 14.6 Å². The first-order chi connectivity index (χ1) is 13.3. The van der Waals surface area contributed by atoms with Gasteiger partial charge in [0.05, 0.1) is 15.8 Å². The summed E-state index contributed by atoms with van der Waals surface area (Å²) in [5.41, 5.74) is 2.58. The van der Waals surface area contributed by atoms with Crippen molar-refractivity contribution in [2.24, 2.45) is 17.3 Å². The minimum atomic E-state index is -0.566. The number of aliphatic hydroxyl groups is 1. The SMILES string of the molecule is CC(C)(O)C1CC2(CC(NC(=O)C3CC(Oc4cccc5scnc45)C3)C2)C1. The van der Waals surface area contributed by atoms with Crippen molar-refractivity contribution in [3.63, 3.8) is 0 Å². The van der Waals surface area contributed by atoms with Gasteiger partial charge in [0.15, 0.2) is 0 Å². The smallest absolute Gasteiger partial charge is 0.223 e. The maximum Gasteiger partial charge on any atom is 0.223 e. The fourth-order valence-electron chi connectivity index (χ4n) is 5.24. The van der Waals surface area contributed by atoms with E-state index in [1.807, 2.05) is 37.6 Å². The second kappa shape index (κ2) is 6.42. The molecule has 1 spiro atoms. The highest BCUT2D eigenvalue weighted by atomic mass is 32.1. The number of fused-ring (bicyclic) bond motifs is 1. The van der Waals surface area contributed by atoms with Crippen molar-refractivity contribution in [2.45, 2.75) is 70.1 Å². The zero-order chi connectivity index (χ0) is 19.5. The van der Waals surface area contributed by atoms with Gasteiger partial charge in [-0.05, 0) is 75.8 Å². The first-order valence-corrected chi connectivity index (χ1v) is 11.2. The molecular formula is C22H28N2O3S. The van der Waals surface area contributed by atoms with Crippen LogP contribution in [0, 0.1) is 17.3 Å². The molecular weight excluding hydrogens is 372 g/mol. The number of hydrogen-bond acceptors (Lipinski definition) is 5. The van der Waals surface area contributed by atoms with E-state index in [-0.39, 0.29) is 17.9 Å². The number of carbonyl (C=O) groups is 1. The van der Waals surface area contributed by atoms with Crippen LogP contribution in [0.15, 0.2) is 23.7 Å². The minimum absolute atomic E-state index is 0.0710. The summed E-state index contributed by atoms with van der Waals surface area (Å²) in [5.74, 6) is 1.50. The fourth-order valence-corrected chi connectivity index (χ4v) is 5.93. The average Bonchev–Trinajstić information content (AvgIpc) is 2.99. The maximum absolute atomic E-state index is 12.5. The van der Waals surface area contributed by atoms with Crippen molar-refractivity contribution in [2.75, 3.05) is 0 Å². The van der Waals surface area contributed by atoms with Crippen LogP contribution in [0.5, 0.6) is 5.75 Å². The van der Waals surface area contributed by atoms with Crippen molar-refractivity contribution >= 4 is 27.5 Å². The van der Waals surface area contributed by atoms with Crippen LogP contribution in [0.3, 0.4) is 0 Å². The molecule has 5 nitrogen and oxygen atoms in total. The number of amides is 1. The van der Waals surface area contributed by atoms with Crippen molar-refractivity contribution in [3.05, 3.63) is 23.7 Å². The molecule has 28 heavy (non-hydrogen) atoms. The summed E-state index contributed by atoms with van der Waals surface area (Å²) in [4.78, 5) is 16.9. The Morgan fingerprint density at radius 1 is 1.29 bits per heavy atom. The van der Waals surface area contributed by atoms with Crippen molar-refractivity contribution in [3.8, 4) is 5.75 Å². The van der Waals surface area contributed by atoms with E-state index in [0.717, 1.165) is 54.5 Å². The molecule has 3 fully saturated rings. The summed E-state index contributed by atoms with van der Waals surface area (Å²) in [5, 5.41) is 13.3. The van der Waals surface area contributed by atoms with E-state index < -0.39 is 5.60 Å². The van der Waals surface area contributed by atoms with Crippen LogP contribution in [0.2, 0.25) is 0 Å². The highest BCUT2D eigenvalue weighted by molar-refractivity contribution is 7.16. The molecule has 1 heterocycles. The zero-order valence-corrected chi connectivity index (χ0v) is 17.3. The number of rotatable bonds is 5. The number of nitrogens with one attached hydrogen (secondary N) is 1. The molecule has 3 aliphatic carbocycles. The Kier molecular flexibility index (Phi) is 4.22. The van der Waals surface area contributed by atoms with Crippen LogP contribution in [0.1, 0.15) is 52.4 Å². The first kappa shape index (κ1) is 18.4. The summed E-state index contributed by atoms with van der Waals surface area (Å²) in [7, 11) is 0. The van der Waals surface area contributed by atoms with Crippen molar-refractivity contribution in [1.82, 2.24) is 10.3 Å². The molecule has 0 atom stereocenters. The monoisotopic (exact) mass is 400 g/mol. The number of aromatic nitrogens is 1. The summed E-state index contributed by atoms with van der Waals surface area (Å²) in [6.07, 6.45) is 6.02. The lowest BCUT2D eigenvalue weighted by atomic mass is 9.47. The predicted molar refractivity (Wildman–Crippen MR) is 109 cm³/mol. The predicted octanol–water partition coefficient (Wildman–Crippen LogP) is 3.90. The Hall–Kier alpha value is -1.66. The van der Waals surface area contributed by atoms with Crippen LogP contribution >= 0.6 is 11.3 Å². The topological polar surface area (TPSA) is 71.5 Å². The number of carbonyl (C=O) groups excluding carboxylic acids is 1. The molecule has 6 heteroatoms. The highest BCUT2D eigenvalue weighted by Crippen LogP contribution is 2.61. The second-order valence-corrected chi connectivity index (χ2v) is 10.6. The van der Waals surface area contributed by atoms with E-state index in [4.69, 9.17) is 4.74 Å². The molecule has 2 N–H and O–H groups in total. The average molecular weight is 401 g/mol. The molecule has 0 unspecified atom stereocenters. The van der Waals surface area contributed by atoms with Gasteiger partial charge in [-0.2, -0.15) is 0 Å². The Bertz CT molecular complexity index is 883. The van der Waals surface area contributed by atoms with Gasteiger partial charge in [-0.3, -0.25) is 4.79 Å². The second-order valence-electron chi connectivity index (χ2n) is 9.74. The molecule has 150 valence electrons. The summed E-state index contributed by atoms with van der Waals surface area (Å²) in [6.45, 7) is 3.82. The number of nitrogens with zero attached hydrogens (tertiary/aromatic N) is 1. The molecule has 1 aromatic heterocycles. The lowest BCUT2D eigenvalue weighted by molar-refractivity contribution is -0.144. The molecule has 0 bridgehead atoms. The zero-order valence-electron chi connectivity index (χ0n) is 16.5. The minimum Gasteiger partial charge on any atom is -0.488 e. The first-order valence-electron chi connectivity index (χ1n) is 10.3. The molecule has 5 rings (SSSR count). The molecule has 3 saturated carbocycles. The van der Waals surface area contributed by atoms with Crippen LogP contribution in [0.25, 0.3) is 10.2 Å². The van der Waals surface area contributed by atoms with Crippen molar-refractivity contribution in [1.29, 1.82) is 0 Å². The van der Waals surface area contributed by atoms with Crippen LogP contribution in [0.4, 0.5) is 0 Å². The highest BCUT2D eigenvalue weighted by Gasteiger charge is 2.56. The molecule has 1 amide bonds. The van der Waals surface area contributed by atoms with Gasteiger partial charge in [-0.25, -0.2) is 4.98 Å². The molecule has 3 aliphatic rings. The van der Waals surface area contributed by atoms with E-state index >= 15 is 0 Å². The summed E-state index contributed by atoms with van der Waals surface area (Å²) in [6, 6.07) is 6.32. The quantitative estimate of drug-likeness (QED) is 0.798. The van der Waals surface area contributed by atoms with E-state index in [9.17, 15) is 9.90 Å². The van der Waals surface area contributed by atoms with Gasteiger partial charge in [0.25, 0.3) is 0 Å². The van der Waals surface area contributed by atoms with Gasteiger partial charge < -0.3 is 15.2 Å². The lowest BCUT2D eigenvalue weighted by Crippen LogP contribution is -2.60. The van der Waals surface area contributed by atoms with E-state index in [1.54, 1.807) is 11.3 Å². The Labute approximate surface area is 169 Å². The number of thiazole rings is 1. The van der Waals surface area contributed by atoms with Crippen LogP contribution in [-0.2, 0) is 4.79 Å². The van der Waals surface area contributed by atoms with Gasteiger partial charge in [0.1, 0.15) is 17.4 Å². The third-order valence-corrected chi connectivity index (χ3v) is 7.94. The van der Waals surface area contributed by atoms with Crippen LogP contribution in [-0.4, -0.2) is 33.7 Å². The maximum atomic E-state index is 12.5. The Morgan fingerprint density at radius 2 is 2.04 bits per heavy atom. The summed E-state index contributed by atoms with van der Waals surface area (Å²) >= 11 is 1.61. The molecule has 2 aromatic rings. The van der Waals surface area contributed by atoms with Gasteiger partial charge in [-0.15, -0.1) is 11.3 Å². The van der Waals surface area contributed by atoms with E-state index in [2.05, 4.69) is 10.3 Å². The van der Waals surface area contributed by atoms with E-state index in [0.29, 0.717) is 17.4 Å². The lowest BCUT2D eigenvalue weighted by Gasteiger charge is -2.60. The molecule has 1 aromatic carbocycles.